The molecule has 1 unspecified atom stereocenters. The molecule has 0 spiro atoms. The highest BCUT2D eigenvalue weighted by molar-refractivity contribution is 5.95. The number of rotatable bonds is 4. The van der Waals surface area contributed by atoms with E-state index in [1.807, 2.05) is 31.2 Å². The summed E-state index contributed by atoms with van der Waals surface area (Å²) in [5.74, 6) is 2.42. The summed E-state index contributed by atoms with van der Waals surface area (Å²) in [7, 11) is 0. The van der Waals surface area contributed by atoms with Crippen molar-refractivity contribution in [1.82, 2.24) is 15.0 Å². The number of nitrogens with zero attached hydrogens (tertiary/aromatic N) is 4. The largest absolute Gasteiger partial charge is 0.494 e. The lowest BCUT2D eigenvalue weighted by atomic mass is 10.1. The van der Waals surface area contributed by atoms with Crippen LogP contribution in [0.15, 0.2) is 67.0 Å². The Kier molecular flexibility index (Phi) is 4.35. The van der Waals surface area contributed by atoms with Crippen molar-refractivity contribution in [2.75, 3.05) is 11.5 Å². The number of hydrogen-bond acceptors (Lipinski definition) is 5. The standard InChI is InChI=1S/C24H22N4O/c1-3-29-19-10-11-21-20(14-19)24(27-23(26-21)18-8-6-12-25-15-18)28-16(2)13-17-7-4-5-9-22(17)28/h4-12,14-16H,3,13H2,1-2H3. The van der Waals surface area contributed by atoms with Crippen LogP contribution in [0.1, 0.15) is 19.4 Å². The van der Waals surface area contributed by atoms with Gasteiger partial charge in [-0.3, -0.25) is 4.98 Å². The van der Waals surface area contributed by atoms with Crippen LogP contribution in [0.2, 0.25) is 0 Å². The Bertz CT molecular complexity index is 1180. The number of hydrogen-bond donors (Lipinski definition) is 0. The van der Waals surface area contributed by atoms with Crippen molar-refractivity contribution >= 4 is 22.4 Å². The molecule has 2 aromatic carbocycles. The SMILES string of the molecule is CCOc1ccc2nc(-c3cccnc3)nc(N3c4ccccc4CC3C)c2c1. The second-order valence-electron chi connectivity index (χ2n) is 7.28. The van der Waals surface area contributed by atoms with E-state index >= 15 is 0 Å². The molecule has 144 valence electrons. The third kappa shape index (κ3) is 3.09. The monoisotopic (exact) mass is 382 g/mol. The summed E-state index contributed by atoms with van der Waals surface area (Å²) in [5.41, 5.74) is 4.35. The molecule has 0 aliphatic carbocycles. The fourth-order valence-electron chi connectivity index (χ4n) is 4.04. The van der Waals surface area contributed by atoms with Crippen molar-refractivity contribution in [1.29, 1.82) is 0 Å². The lowest BCUT2D eigenvalue weighted by molar-refractivity contribution is 0.340. The zero-order valence-corrected chi connectivity index (χ0v) is 16.5. The zero-order valence-electron chi connectivity index (χ0n) is 16.5. The van der Waals surface area contributed by atoms with E-state index in [4.69, 9.17) is 14.7 Å². The highest BCUT2D eigenvalue weighted by atomic mass is 16.5. The molecule has 1 aliphatic rings. The van der Waals surface area contributed by atoms with Crippen LogP contribution in [0.25, 0.3) is 22.3 Å². The minimum atomic E-state index is 0.308. The summed E-state index contributed by atoms with van der Waals surface area (Å²) >= 11 is 0. The predicted octanol–water partition coefficient (Wildman–Crippen LogP) is 5.17. The van der Waals surface area contributed by atoms with Crippen molar-refractivity contribution in [2.24, 2.45) is 0 Å². The summed E-state index contributed by atoms with van der Waals surface area (Å²) in [6, 6.07) is 18.8. The van der Waals surface area contributed by atoms with Crippen molar-refractivity contribution in [2.45, 2.75) is 26.3 Å². The van der Waals surface area contributed by atoms with E-state index in [9.17, 15) is 0 Å². The molecule has 0 radical (unpaired) electrons. The highest BCUT2D eigenvalue weighted by Gasteiger charge is 2.29. The van der Waals surface area contributed by atoms with Crippen molar-refractivity contribution in [3.8, 4) is 17.1 Å². The average molecular weight is 382 g/mol. The third-order valence-electron chi connectivity index (χ3n) is 5.31. The Labute approximate surface area is 170 Å². The van der Waals surface area contributed by atoms with Crippen LogP contribution in [0.3, 0.4) is 0 Å². The Hall–Kier alpha value is -3.47. The maximum atomic E-state index is 5.76. The van der Waals surface area contributed by atoms with Gasteiger partial charge in [-0.1, -0.05) is 18.2 Å². The minimum Gasteiger partial charge on any atom is -0.494 e. The molecule has 1 aliphatic heterocycles. The quantitative estimate of drug-likeness (QED) is 0.487. The number of anilines is 2. The van der Waals surface area contributed by atoms with Crippen LogP contribution < -0.4 is 9.64 Å². The highest BCUT2D eigenvalue weighted by Crippen LogP contribution is 2.41. The molecule has 0 amide bonds. The number of ether oxygens (including phenoxy) is 1. The fourth-order valence-corrected chi connectivity index (χ4v) is 4.04. The summed E-state index contributed by atoms with van der Waals surface area (Å²) in [4.78, 5) is 16.4. The first-order valence-corrected chi connectivity index (χ1v) is 9.96. The first-order chi connectivity index (χ1) is 14.2. The predicted molar refractivity (Wildman–Crippen MR) is 116 cm³/mol. The first kappa shape index (κ1) is 17.6. The van der Waals surface area contributed by atoms with E-state index in [0.717, 1.165) is 34.5 Å². The van der Waals surface area contributed by atoms with Crippen molar-refractivity contribution < 1.29 is 4.74 Å². The molecule has 1 atom stereocenters. The van der Waals surface area contributed by atoms with Crippen LogP contribution in [-0.2, 0) is 6.42 Å². The third-order valence-corrected chi connectivity index (χ3v) is 5.31. The molecular weight excluding hydrogens is 360 g/mol. The number of fused-ring (bicyclic) bond motifs is 2. The van der Waals surface area contributed by atoms with Crippen molar-refractivity contribution in [3.63, 3.8) is 0 Å². The first-order valence-electron chi connectivity index (χ1n) is 9.96. The van der Waals surface area contributed by atoms with Gasteiger partial charge < -0.3 is 9.64 Å². The lowest BCUT2D eigenvalue weighted by Gasteiger charge is -2.26. The van der Waals surface area contributed by atoms with Crippen LogP contribution in [-0.4, -0.2) is 27.6 Å². The summed E-state index contributed by atoms with van der Waals surface area (Å²) < 4.78 is 5.76. The summed E-state index contributed by atoms with van der Waals surface area (Å²) in [5, 5.41) is 0.993. The summed E-state index contributed by atoms with van der Waals surface area (Å²) in [6.45, 7) is 4.86. The van der Waals surface area contributed by atoms with Crippen LogP contribution in [0, 0.1) is 0 Å². The maximum absolute atomic E-state index is 5.76. The molecule has 5 nitrogen and oxygen atoms in total. The summed E-state index contributed by atoms with van der Waals surface area (Å²) in [6.07, 6.45) is 4.56. The molecule has 3 heterocycles. The van der Waals surface area contributed by atoms with Gasteiger partial charge in [-0.05, 0) is 62.2 Å². The molecule has 0 N–H and O–H groups in total. The van der Waals surface area contributed by atoms with E-state index in [1.165, 1.54) is 11.3 Å². The van der Waals surface area contributed by atoms with E-state index in [-0.39, 0.29) is 0 Å². The van der Waals surface area contributed by atoms with E-state index in [0.29, 0.717) is 18.5 Å². The maximum Gasteiger partial charge on any atom is 0.163 e. The van der Waals surface area contributed by atoms with Gasteiger partial charge in [-0.15, -0.1) is 0 Å². The van der Waals surface area contributed by atoms with Gasteiger partial charge in [0.25, 0.3) is 0 Å². The van der Waals surface area contributed by atoms with E-state index < -0.39 is 0 Å². The normalized spacial score (nSPS) is 15.5. The minimum absolute atomic E-state index is 0.308. The Balaban J connectivity index is 1.76. The van der Waals surface area contributed by atoms with Crippen LogP contribution in [0.5, 0.6) is 5.75 Å². The molecule has 29 heavy (non-hydrogen) atoms. The molecule has 5 heteroatoms. The Morgan fingerprint density at radius 2 is 1.97 bits per heavy atom. The second kappa shape index (κ2) is 7.17. The van der Waals surface area contributed by atoms with E-state index in [2.05, 4.69) is 47.1 Å². The van der Waals surface area contributed by atoms with Gasteiger partial charge >= 0.3 is 0 Å². The molecule has 0 fully saturated rings. The van der Waals surface area contributed by atoms with Gasteiger partial charge in [0, 0.05) is 35.1 Å². The molecular formula is C24H22N4O. The molecule has 2 aromatic heterocycles. The number of para-hydroxylation sites is 1. The molecule has 0 bridgehead atoms. The number of pyridine rings is 1. The van der Waals surface area contributed by atoms with Gasteiger partial charge in [0.1, 0.15) is 11.6 Å². The van der Waals surface area contributed by atoms with Crippen LogP contribution in [0.4, 0.5) is 11.5 Å². The van der Waals surface area contributed by atoms with Gasteiger partial charge in [0.2, 0.25) is 0 Å². The number of benzene rings is 2. The van der Waals surface area contributed by atoms with Gasteiger partial charge in [-0.2, -0.15) is 0 Å². The molecule has 5 rings (SSSR count). The smallest absolute Gasteiger partial charge is 0.163 e. The molecule has 0 saturated carbocycles. The number of aromatic nitrogens is 3. The van der Waals surface area contributed by atoms with Gasteiger partial charge in [0.05, 0.1) is 12.1 Å². The van der Waals surface area contributed by atoms with E-state index in [1.54, 1.807) is 12.4 Å². The van der Waals surface area contributed by atoms with Gasteiger partial charge in [-0.25, -0.2) is 9.97 Å². The topological polar surface area (TPSA) is 51.1 Å². The van der Waals surface area contributed by atoms with Crippen LogP contribution >= 0.6 is 0 Å². The lowest BCUT2D eigenvalue weighted by Crippen LogP contribution is -2.25. The van der Waals surface area contributed by atoms with Crippen molar-refractivity contribution in [3.05, 3.63) is 72.6 Å². The molecule has 0 saturated heterocycles. The fraction of sp³-hybridized carbons (Fsp3) is 0.208. The molecule has 4 aromatic rings. The zero-order chi connectivity index (χ0) is 19.8. The second-order valence-corrected chi connectivity index (χ2v) is 7.28. The Morgan fingerprint density at radius 1 is 1.07 bits per heavy atom. The van der Waals surface area contributed by atoms with Gasteiger partial charge in [0.15, 0.2) is 5.82 Å². The Morgan fingerprint density at radius 3 is 2.79 bits per heavy atom. The average Bonchev–Trinajstić information content (AvgIpc) is 3.09.